The predicted molar refractivity (Wildman–Crippen MR) is 74.3 cm³/mol. The van der Waals surface area contributed by atoms with Crippen LogP contribution < -0.4 is 0 Å². The molecule has 7 nitrogen and oxygen atoms in total. The molecule has 21 heavy (non-hydrogen) atoms. The van der Waals surface area contributed by atoms with E-state index in [0.717, 1.165) is 6.26 Å². The Bertz CT molecular complexity index is 671. The molecule has 1 aliphatic heterocycles. The summed E-state index contributed by atoms with van der Waals surface area (Å²) in [6.07, 6.45) is 1.01. The molecule has 0 spiro atoms. The first-order chi connectivity index (χ1) is 9.86. The minimum atomic E-state index is -3.53. The van der Waals surface area contributed by atoms with E-state index in [9.17, 15) is 18.0 Å². The fourth-order valence-corrected chi connectivity index (χ4v) is 3.10. The van der Waals surface area contributed by atoms with Crippen molar-refractivity contribution in [3.63, 3.8) is 0 Å². The van der Waals surface area contributed by atoms with Gasteiger partial charge in [-0.1, -0.05) is 12.1 Å². The van der Waals surface area contributed by atoms with Crippen molar-refractivity contribution in [2.24, 2.45) is 0 Å². The third-order valence-electron chi connectivity index (χ3n) is 3.17. The zero-order valence-corrected chi connectivity index (χ0v) is 12.6. The van der Waals surface area contributed by atoms with Gasteiger partial charge in [0, 0.05) is 19.3 Å². The van der Waals surface area contributed by atoms with Crippen LogP contribution in [0.3, 0.4) is 0 Å². The van der Waals surface area contributed by atoms with Crippen molar-refractivity contribution < 1.29 is 22.7 Å². The number of ether oxygens (including phenoxy) is 1. The standard InChI is InChI=1S/C13H16N2O5S/c1-20-13(17)15-9-5-8-14(15)12(16)10-6-3-4-7-11(10)21(2,18)19/h3-4,6-7H,5,8-9H2,1-2H3. The Morgan fingerprint density at radius 1 is 1.14 bits per heavy atom. The summed E-state index contributed by atoms with van der Waals surface area (Å²) in [5.41, 5.74) is 0.0517. The predicted octanol–water partition coefficient (Wildman–Crippen LogP) is 0.919. The molecule has 0 saturated carbocycles. The number of amides is 2. The zero-order valence-electron chi connectivity index (χ0n) is 11.8. The molecule has 0 aliphatic carbocycles. The van der Waals surface area contributed by atoms with E-state index in [1.54, 1.807) is 12.1 Å². The van der Waals surface area contributed by atoms with Gasteiger partial charge >= 0.3 is 6.09 Å². The molecule has 1 aromatic carbocycles. The molecule has 1 aliphatic rings. The Morgan fingerprint density at radius 3 is 2.38 bits per heavy atom. The zero-order chi connectivity index (χ0) is 15.6. The maximum absolute atomic E-state index is 12.6. The summed E-state index contributed by atoms with van der Waals surface area (Å²) in [5.74, 6) is -0.529. The molecule has 1 aromatic rings. The van der Waals surface area contributed by atoms with Crippen LogP contribution in [0.25, 0.3) is 0 Å². The maximum Gasteiger partial charge on any atom is 0.428 e. The van der Waals surface area contributed by atoms with E-state index >= 15 is 0 Å². The molecular weight excluding hydrogens is 296 g/mol. The molecule has 0 bridgehead atoms. The molecule has 1 fully saturated rings. The number of hydrogen-bond acceptors (Lipinski definition) is 5. The molecule has 2 amide bonds. The molecule has 114 valence electrons. The summed E-state index contributed by atoms with van der Waals surface area (Å²) in [6.45, 7) is 0.700. The van der Waals surface area contributed by atoms with Gasteiger partial charge in [-0.05, 0) is 18.6 Å². The largest absolute Gasteiger partial charge is 0.452 e. The van der Waals surface area contributed by atoms with Crippen molar-refractivity contribution in [3.05, 3.63) is 29.8 Å². The first kappa shape index (κ1) is 15.3. The first-order valence-electron chi connectivity index (χ1n) is 6.32. The third kappa shape index (κ3) is 2.99. The maximum atomic E-state index is 12.6. The van der Waals surface area contributed by atoms with E-state index in [-0.39, 0.29) is 10.5 Å². The number of carbonyl (C=O) groups excluding carboxylic acids is 2. The highest BCUT2D eigenvalue weighted by molar-refractivity contribution is 7.90. The molecule has 8 heteroatoms. The first-order valence-corrected chi connectivity index (χ1v) is 8.21. The molecule has 0 unspecified atom stereocenters. The number of nitrogens with zero attached hydrogens (tertiary/aromatic N) is 2. The lowest BCUT2D eigenvalue weighted by Gasteiger charge is -2.27. The number of methoxy groups -OCH3 is 1. The van der Waals surface area contributed by atoms with Gasteiger partial charge < -0.3 is 4.74 Å². The number of hydrogen-bond donors (Lipinski definition) is 0. The second kappa shape index (κ2) is 5.72. The van der Waals surface area contributed by atoms with E-state index in [0.29, 0.717) is 19.5 Å². The summed E-state index contributed by atoms with van der Waals surface area (Å²) in [7, 11) is -2.30. The van der Waals surface area contributed by atoms with Gasteiger partial charge in [0.1, 0.15) is 0 Å². The van der Waals surface area contributed by atoms with Gasteiger partial charge in [0.05, 0.1) is 17.6 Å². The normalized spacial score (nSPS) is 15.1. The van der Waals surface area contributed by atoms with Crippen molar-refractivity contribution in [3.8, 4) is 0 Å². The fourth-order valence-electron chi connectivity index (χ4n) is 2.22. The van der Waals surface area contributed by atoms with Gasteiger partial charge in [0.2, 0.25) is 0 Å². The lowest BCUT2D eigenvalue weighted by Crippen LogP contribution is -2.45. The van der Waals surface area contributed by atoms with E-state index in [1.165, 1.54) is 29.3 Å². The van der Waals surface area contributed by atoms with Crippen LogP contribution in [0, 0.1) is 0 Å². The van der Waals surface area contributed by atoms with Gasteiger partial charge in [-0.3, -0.25) is 4.79 Å². The SMILES string of the molecule is COC(=O)N1CCCN1C(=O)c1ccccc1S(C)(=O)=O. The topological polar surface area (TPSA) is 84.0 Å². The van der Waals surface area contributed by atoms with Crippen molar-refractivity contribution in [2.45, 2.75) is 11.3 Å². The summed E-state index contributed by atoms with van der Waals surface area (Å²) >= 11 is 0. The van der Waals surface area contributed by atoms with Crippen LogP contribution in [0.2, 0.25) is 0 Å². The second-order valence-electron chi connectivity index (χ2n) is 4.64. The number of benzene rings is 1. The van der Waals surface area contributed by atoms with Crippen LogP contribution in [0.15, 0.2) is 29.2 Å². The van der Waals surface area contributed by atoms with Crippen LogP contribution in [-0.2, 0) is 14.6 Å². The van der Waals surface area contributed by atoms with Gasteiger partial charge in [-0.25, -0.2) is 23.2 Å². The summed E-state index contributed by atoms with van der Waals surface area (Å²) < 4.78 is 28.2. The van der Waals surface area contributed by atoms with Crippen molar-refractivity contribution in [1.29, 1.82) is 0 Å². The highest BCUT2D eigenvalue weighted by Crippen LogP contribution is 2.21. The molecule has 0 atom stereocenters. The van der Waals surface area contributed by atoms with E-state index in [4.69, 9.17) is 0 Å². The van der Waals surface area contributed by atoms with Crippen LogP contribution in [-0.4, -0.2) is 56.9 Å². The Labute approximate surface area is 123 Å². The molecular formula is C13H16N2O5S. The highest BCUT2D eigenvalue weighted by atomic mass is 32.2. The van der Waals surface area contributed by atoms with E-state index in [1.807, 2.05) is 0 Å². The second-order valence-corrected chi connectivity index (χ2v) is 6.63. The van der Waals surface area contributed by atoms with Crippen molar-refractivity contribution >= 4 is 21.8 Å². The number of sulfone groups is 1. The van der Waals surface area contributed by atoms with Crippen molar-refractivity contribution in [2.75, 3.05) is 26.5 Å². The Kier molecular flexibility index (Phi) is 4.17. The van der Waals surface area contributed by atoms with E-state index < -0.39 is 21.8 Å². The number of carbonyl (C=O) groups is 2. The molecule has 1 saturated heterocycles. The fraction of sp³-hybridized carbons (Fsp3) is 0.385. The average molecular weight is 312 g/mol. The summed E-state index contributed by atoms with van der Waals surface area (Å²) in [4.78, 5) is 24.1. The smallest absolute Gasteiger partial charge is 0.428 e. The van der Waals surface area contributed by atoms with Crippen LogP contribution in [0.5, 0.6) is 0 Å². The van der Waals surface area contributed by atoms with Gasteiger partial charge in [0.15, 0.2) is 9.84 Å². The van der Waals surface area contributed by atoms with Gasteiger partial charge in [-0.15, -0.1) is 0 Å². The molecule has 0 aromatic heterocycles. The third-order valence-corrected chi connectivity index (χ3v) is 4.32. The number of rotatable bonds is 2. The van der Waals surface area contributed by atoms with Crippen LogP contribution in [0.1, 0.15) is 16.8 Å². The van der Waals surface area contributed by atoms with Gasteiger partial charge in [-0.2, -0.15) is 0 Å². The minimum Gasteiger partial charge on any atom is -0.452 e. The molecule has 0 radical (unpaired) electrons. The average Bonchev–Trinajstić information content (AvgIpc) is 2.94. The summed E-state index contributed by atoms with van der Waals surface area (Å²) in [5, 5.41) is 2.40. The van der Waals surface area contributed by atoms with Gasteiger partial charge in [0.25, 0.3) is 5.91 Å². The van der Waals surface area contributed by atoms with Crippen molar-refractivity contribution in [1.82, 2.24) is 10.0 Å². The molecule has 2 rings (SSSR count). The minimum absolute atomic E-state index is 0.0493. The Morgan fingerprint density at radius 2 is 1.76 bits per heavy atom. The highest BCUT2D eigenvalue weighted by Gasteiger charge is 2.33. The Hall–Kier alpha value is -2.09. The van der Waals surface area contributed by atoms with Crippen LogP contribution >= 0.6 is 0 Å². The number of hydrazine groups is 1. The Balaban J connectivity index is 2.39. The monoisotopic (exact) mass is 312 g/mol. The molecule has 1 heterocycles. The molecule has 0 N–H and O–H groups in total. The van der Waals surface area contributed by atoms with E-state index in [2.05, 4.69) is 4.74 Å². The lowest BCUT2D eigenvalue weighted by molar-refractivity contribution is 0.0190. The summed E-state index contributed by atoms with van der Waals surface area (Å²) in [6, 6.07) is 5.95. The quantitative estimate of drug-likeness (QED) is 0.811. The lowest BCUT2D eigenvalue weighted by atomic mass is 10.2. The van der Waals surface area contributed by atoms with Crippen LogP contribution in [0.4, 0.5) is 4.79 Å².